The number of amides is 1. The average molecular weight is 493 g/mol. The van der Waals surface area contributed by atoms with Gasteiger partial charge in [-0.3, -0.25) is 9.69 Å². The van der Waals surface area contributed by atoms with Crippen molar-refractivity contribution < 1.29 is 17.9 Å². The van der Waals surface area contributed by atoms with Crippen molar-refractivity contribution in [1.82, 2.24) is 9.21 Å². The zero-order valence-electron chi connectivity index (χ0n) is 19.0. The van der Waals surface area contributed by atoms with Crippen molar-refractivity contribution in [1.29, 1.82) is 0 Å². The van der Waals surface area contributed by atoms with E-state index in [9.17, 15) is 13.2 Å². The van der Waals surface area contributed by atoms with E-state index in [1.807, 2.05) is 24.4 Å². The van der Waals surface area contributed by atoms with Crippen LogP contribution in [0.3, 0.4) is 0 Å². The molecule has 0 unspecified atom stereocenters. The summed E-state index contributed by atoms with van der Waals surface area (Å²) in [4.78, 5) is 18.7. The van der Waals surface area contributed by atoms with Crippen molar-refractivity contribution in [2.45, 2.75) is 31.2 Å². The predicted molar refractivity (Wildman–Crippen MR) is 131 cm³/mol. The third-order valence-corrected chi connectivity index (χ3v) is 8.83. The highest BCUT2D eigenvalue weighted by molar-refractivity contribution is 7.89. The summed E-state index contributed by atoms with van der Waals surface area (Å²) in [6.45, 7) is 7.01. The number of carbonyl (C=O) groups is 1. The second kappa shape index (κ2) is 11.0. The zero-order chi connectivity index (χ0) is 23.3. The number of morpholine rings is 1. The Labute approximate surface area is 200 Å². The third-order valence-electron chi connectivity index (χ3n) is 6.07. The number of nitrogens with one attached hydrogen (secondary N) is 1. The Morgan fingerprint density at radius 1 is 1.15 bits per heavy atom. The van der Waals surface area contributed by atoms with E-state index in [0.717, 1.165) is 38.2 Å². The topological polar surface area (TPSA) is 82.2 Å². The lowest BCUT2D eigenvalue weighted by Crippen LogP contribution is -2.40. The van der Waals surface area contributed by atoms with Crippen LogP contribution in [-0.4, -0.2) is 76.0 Å². The minimum atomic E-state index is -3.65. The van der Waals surface area contributed by atoms with E-state index in [1.54, 1.807) is 23.5 Å². The van der Waals surface area contributed by atoms with Crippen LogP contribution in [0.1, 0.15) is 24.6 Å². The highest BCUT2D eigenvalue weighted by Crippen LogP contribution is 2.32. The maximum absolute atomic E-state index is 13.2. The first-order valence-electron chi connectivity index (χ1n) is 11.5. The summed E-state index contributed by atoms with van der Waals surface area (Å²) in [7, 11) is -3.65. The van der Waals surface area contributed by atoms with Gasteiger partial charge in [0.1, 0.15) is 0 Å². The van der Waals surface area contributed by atoms with Gasteiger partial charge in [-0.1, -0.05) is 13.0 Å². The smallest absolute Gasteiger partial charge is 0.243 e. The lowest BCUT2D eigenvalue weighted by atomic mass is 10.2. The Balaban J connectivity index is 1.55. The molecule has 1 aromatic heterocycles. The monoisotopic (exact) mass is 492 g/mol. The van der Waals surface area contributed by atoms with Gasteiger partial charge in [-0.05, 0) is 49.0 Å². The number of likely N-dealkylation sites (N-methyl/N-ethyl adjacent to an activating group) is 1. The summed E-state index contributed by atoms with van der Waals surface area (Å²) in [6.07, 6.45) is 2.18. The summed E-state index contributed by atoms with van der Waals surface area (Å²) in [5, 5.41) is 5.05. The molecule has 180 valence electrons. The van der Waals surface area contributed by atoms with E-state index in [-0.39, 0.29) is 17.3 Å². The van der Waals surface area contributed by atoms with Gasteiger partial charge in [-0.2, -0.15) is 4.31 Å². The van der Waals surface area contributed by atoms with Crippen molar-refractivity contribution in [3.05, 3.63) is 40.6 Å². The number of thiophene rings is 1. The molecule has 3 heterocycles. The van der Waals surface area contributed by atoms with Crippen molar-refractivity contribution in [2.24, 2.45) is 0 Å². The van der Waals surface area contributed by atoms with Gasteiger partial charge in [0.15, 0.2) is 0 Å². The van der Waals surface area contributed by atoms with Crippen LogP contribution in [0.5, 0.6) is 0 Å². The standard InChI is InChI=1S/C23H32N4O4S2/c1-2-25(17-19-6-5-15-32-19)18-23(28)24-21-16-20(7-8-22(21)26-9-3-4-10-26)33(29,30)27-11-13-31-14-12-27/h5-8,15-16H,2-4,9-14,17-18H2,1H3,(H,24,28). The Kier molecular flexibility index (Phi) is 8.02. The number of hydrogen-bond donors (Lipinski definition) is 1. The van der Waals surface area contributed by atoms with Gasteiger partial charge in [-0.25, -0.2) is 8.42 Å². The van der Waals surface area contributed by atoms with Gasteiger partial charge in [0.25, 0.3) is 0 Å². The normalized spacial score (nSPS) is 17.6. The van der Waals surface area contributed by atoms with Gasteiger partial charge in [0, 0.05) is 37.6 Å². The van der Waals surface area contributed by atoms with E-state index in [2.05, 4.69) is 21.2 Å². The maximum atomic E-state index is 13.2. The minimum Gasteiger partial charge on any atom is -0.379 e. The molecule has 2 saturated heterocycles. The van der Waals surface area contributed by atoms with Crippen molar-refractivity contribution >= 4 is 38.6 Å². The highest BCUT2D eigenvalue weighted by Gasteiger charge is 2.28. The Morgan fingerprint density at radius 2 is 1.91 bits per heavy atom. The number of carbonyl (C=O) groups excluding carboxylic acids is 1. The summed E-state index contributed by atoms with van der Waals surface area (Å²) < 4.78 is 33.1. The largest absolute Gasteiger partial charge is 0.379 e. The van der Waals surface area contributed by atoms with Crippen LogP contribution in [0.4, 0.5) is 11.4 Å². The number of nitrogens with zero attached hydrogens (tertiary/aromatic N) is 3. The number of ether oxygens (including phenoxy) is 1. The molecule has 2 aliphatic heterocycles. The fourth-order valence-corrected chi connectivity index (χ4v) is 6.42. The first kappa shape index (κ1) is 24.2. The number of benzene rings is 1. The second-order valence-corrected chi connectivity index (χ2v) is 11.3. The van der Waals surface area contributed by atoms with Gasteiger partial charge < -0.3 is 15.0 Å². The molecule has 33 heavy (non-hydrogen) atoms. The molecule has 0 saturated carbocycles. The molecule has 2 aromatic rings. The quantitative estimate of drug-likeness (QED) is 0.580. The number of sulfonamides is 1. The van der Waals surface area contributed by atoms with E-state index in [4.69, 9.17) is 4.74 Å². The van der Waals surface area contributed by atoms with E-state index in [1.165, 1.54) is 9.18 Å². The minimum absolute atomic E-state index is 0.144. The van der Waals surface area contributed by atoms with Crippen molar-refractivity contribution in [2.75, 3.05) is 62.7 Å². The lowest BCUT2D eigenvalue weighted by molar-refractivity contribution is -0.117. The molecule has 0 spiro atoms. The molecule has 1 N–H and O–H groups in total. The molecule has 2 fully saturated rings. The first-order chi connectivity index (χ1) is 16.0. The highest BCUT2D eigenvalue weighted by atomic mass is 32.2. The van der Waals surface area contributed by atoms with Crippen LogP contribution in [0.2, 0.25) is 0 Å². The van der Waals surface area contributed by atoms with Crippen LogP contribution >= 0.6 is 11.3 Å². The van der Waals surface area contributed by atoms with Gasteiger partial charge in [0.05, 0.1) is 36.0 Å². The van der Waals surface area contributed by atoms with Crippen LogP contribution < -0.4 is 10.2 Å². The molecular weight excluding hydrogens is 460 g/mol. The van der Waals surface area contributed by atoms with Gasteiger partial charge in [0.2, 0.25) is 15.9 Å². The summed E-state index contributed by atoms with van der Waals surface area (Å²) in [5.41, 5.74) is 1.44. The second-order valence-electron chi connectivity index (χ2n) is 8.32. The number of rotatable bonds is 9. The fraction of sp³-hybridized carbons (Fsp3) is 0.522. The molecule has 0 aliphatic carbocycles. The van der Waals surface area contributed by atoms with Gasteiger partial charge >= 0.3 is 0 Å². The van der Waals surface area contributed by atoms with Crippen LogP contribution in [-0.2, 0) is 26.1 Å². The summed E-state index contributed by atoms with van der Waals surface area (Å²) in [5.74, 6) is -0.144. The van der Waals surface area contributed by atoms with E-state index in [0.29, 0.717) is 38.5 Å². The Bertz CT molecular complexity index is 1030. The number of hydrogen-bond acceptors (Lipinski definition) is 7. The maximum Gasteiger partial charge on any atom is 0.243 e. The first-order valence-corrected chi connectivity index (χ1v) is 13.8. The van der Waals surface area contributed by atoms with Crippen LogP contribution in [0.25, 0.3) is 0 Å². The Morgan fingerprint density at radius 3 is 2.58 bits per heavy atom. The SMILES string of the molecule is CCN(CC(=O)Nc1cc(S(=O)(=O)N2CCOCC2)ccc1N1CCCC1)Cc1cccs1. The van der Waals surface area contributed by atoms with Crippen molar-refractivity contribution in [3.63, 3.8) is 0 Å². The molecule has 8 nitrogen and oxygen atoms in total. The molecule has 0 atom stereocenters. The third kappa shape index (κ3) is 5.93. The van der Waals surface area contributed by atoms with Gasteiger partial charge in [-0.15, -0.1) is 11.3 Å². The fourth-order valence-electron chi connectivity index (χ4n) is 4.24. The molecule has 0 radical (unpaired) electrons. The molecule has 10 heteroatoms. The van der Waals surface area contributed by atoms with Crippen molar-refractivity contribution in [3.8, 4) is 0 Å². The van der Waals surface area contributed by atoms with E-state index < -0.39 is 10.0 Å². The molecule has 1 amide bonds. The molecule has 2 aliphatic rings. The zero-order valence-corrected chi connectivity index (χ0v) is 20.7. The average Bonchev–Trinajstić information content (AvgIpc) is 3.54. The summed E-state index contributed by atoms with van der Waals surface area (Å²) in [6, 6.07) is 9.18. The number of anilines is 2. The van der Waals surface area contributed by atoms with E-state index >= 15 is 0 Å². The molecule has 0 bridgehead atoms. The lowest BCUT2D eigenvalue weighted by Gasteiger charge is -2.27. The Hall–Kier alpha value is -1.98. The summed E-state index contributed by atoms with van der Waals surface area (Å²) >= 11 is 1.67. The van der Waals surface area contributed by atoms with Crippen LogP contribution in [0, 0.1) is 0 Å². The predicted octanol–water partition coefficient (Wildman–Crippen LogP) is 2.83. The molecular formula is C23H32N4O4S2. The van der Waals surface area contributed by atoms with Crippen LogP contribution in [0.15, 0.2) is 40.6 Å². The molecule has 1 aromatic carbocycles. The molecule has 4 rings (SSSR count).